The number of rotatable bonds is 6. The molecule has 0 bridgehead atoms. The van der Waals surface area contributed by atoms with Crippen molar-refractivity contribution in [3.63, 3.8) is 0 Å². The van der Waals surface area contributed by atoms with Crippen molar-refractivity contribution in [3.8, 4) is 0 Å². The number of carbonyl (C=O) groups is 1. The third-order valence-corrected chi connectivity index (χ3v) is 7.12. The molecule has 1 aliphatic rings. The monoisotopic (exact) mass is 330 g/mol. The molecule has 1 N–H and O–H groups in total. The summed E-state index contributed by atoms with van der Waals surface area (Å²) in [7, 11) is -3.32. The van der Waals surface area contributed by atoms with E-state index in [2.05, 4.69) is 10.3 Å². The van der Waals surface area contributed by atoms with Crippen molar-refractivity contribution in [1.82, 2.24) is 10.3 Å². The minimum Gasteiger partial charge on any atom is -0.351 e. The molecule has 1 aliphatic carbocycles. The Kier molecular flexibility index (Phi) is 5.75. The van der Waals surface area contributed by atoms with Crippen molar-refractivity contribution in [1.29, 1.82) is 0 Å². The molecule has 118 valence electrons. The SMILES string of the molecule is CCS(=O)(=O)c1ncc(C(=O)NCCC2CCCCC2)s1. The quantitative estimate of drug-likeness (QED) is 0.870. The van der Waals surface area contributed by atoms with Crippen molar-refractivity contribution >= 4 is 27.1 Å². The van der Waals surface area contributed by atoms with Crippen molar-refractivity contribution in [3.05, 3.63) is 11.1 Å². The molecule has 7 heteroatoms. The smallest absolute Gasteiger partial charge is 0.263 e. The van der Waals surface area contributed by atoms with Crippen LogP contribution in [-0.2, 0) is 9.84 Å². The summed E-state index contributed by atoms with van der Waals surface area (Å²) in [5.74, 6) is 0.501. The Morgan fingerprint density at radius 3 is 2.76 bits per heavy atom. The molecule has 1 heterocycles. The van der Waals surface area contributed by atoms with Crippen LogP contribution in [0.15, 0.2) is 10.5 Å². The van der Waals surface area contributed by atoms with Crippen LogP contribution in [0.2, 0.25) is 0 Å². The lowest BCUT2D eigenvalue weighted by atomic mass is 9.87. The standard InChI is InChI=1S/C14H22N2O3S2/c1-2-21(18,19)14-16-10-12(20-14)13(17)15-9-8-11-6-4-3-5-7-11/h10-11H,2-9H2,1H3,(H,15,17). The molecule has 1 fully saturated rings. The lowest BCUT2D eigenvalue weighted by molar-refractivity contribution is 0.0954. The topological polar surface area (TPSA) is 76.1 Å². The highest BCUT2D eigenvalue weighted by molar-refractivity contribution is 7.93. The van der Waals surface area contributed by atoms with Gasteiger partial charge in [0, 0.05) is 6.54 Å². The van der Waals surface area contributed by atoms with E-state index in [1.165, 1.54) is 38.3 Å². The van der Waals surface area contributed by atoms with Gasteiger partial charge in [-0.25, -0.2) is 13.4 Å². The molecule has 0 aliphatic heterocycles. The van der Waals surface area contributed by atoms with E-state index in [9.17, 15) is 13.2 Å². The van der Waals surface area contributed by atoms with E-state index in [4.69, 9.17) is 0 Å². The minimum absolute atomic E-state index is 0.00323. The fraction of sp³-hybridized carbons (Fsp3) is 0.714. The fourth-order valence-electron chi connectivity index (χ4n) is 2.58. The average Bonchev–Trinajstić information content (AvgIpc) is 2.99. The molecule has 0 radical (unpaired) electrons. The van der Waals surface area contributed by atoms with Gasteiger partial charge in [-0.05, 0) is 12.3 Å². The molecular weight excluding hydrogens is 308 g/mol. The second kappa shape index (κ2) is 7.35. The van der Waals surface area contributed by atoms with Gasteiger partial charge in [-0.3, -0.25) is 4.79 Å². The van der Waals surface area contributed by atoms with Gasteiger partial charge in [0.05, 0.1) is 11.9 Å². The first-order chi connectivity index (χ1) is 10.0. The van der Waals surface area contributed by atoms with E-state index in [-0.39, 0.29) is 16.0 Å². The van der Waals surface area contributed by atoms with E-state index in [1.54, 1.807) is 6.92 Å². The molecule has 1 aromatic heterocycles. The zero-order valence-electron chi connectivity index (χ0n) is 12.3. The lowest BCUT2D eigenvalue weighted by Crippen LogP contribution is -2.25. The Bertz CT molecular complexity index is 575. The molecule has 0 unspecified atom stereocenters. The van der Waals surface area contributed by atoms with E-state index in [1.807, 2.05) is 0 Å². The van der Waals surface area contributed by atoms with Gasteiger partial charge in [0.2, 0.25) is 14.2 Å². The van der Waals surface area contributed by atoms with Crippen LogP contribution in [0.4, 0.5) is 0 Å². The first-order valence-corrected chi connectivity index (χ1v) is 9.96. The second-order valence-electron chi connectivity index (χ2n) is 5.44. The van der Waals surface area contributed by atoms with Crippen LogP contribution in [0, 0.1) is 5.92 Å². The largest absolute Gasteiger partial charge is 0.351 e. The zero-order chi connectivity index (χ0) is 15.3. The summed E-state index contributed by atoms with van der Waals surface area (Å²) in [6.07, 6.45) is 8.80. The average molecular weight is 330 g/mol. The summed E-state index contributed by atoms with van der Waals surface area (Å²) in [4.78, 5) is 16.2. The summed E-state index contributed by atoms with van der Waals surface area (Å²) < 4.78 is 23.4. The van der Waals surface area contributed by atoms with Gasteiger partial charge in [-0.2, -0.15) is 0 Å². The molecule has 0 atom stereocenters. The van der Waals surface area contributed by atoms with E-state index >= 15 is 0 Å². The highest BCUT2D eigenvalue weighted by atomic mass is 32.2. The Morgan fingerprint density at radius 1 is 1.38 bits per heavy atom. The van der Waals surface area contributed by atoms with Crippen molar-refractivity contribution in [2.45, 2.75) is 49.8 Å². The molecular formula is C14H22N2O3S2. The highest BCUT2D eigenvalue weighted by Crippen LogP contribution is 2.26. The molecule has 1 saturated carbocycles. The van der Waals surface area contributed by atoms with Gasteiger partial charge in [-0.15, -0.1) is 0 Å². The number of carbonyl (C=O) groups excluding carboxylic acids is 1. The molecule has 1 aromatic rings. The third-order valence-electron chi connectivity index (χ3n) is 3.92. The first-order valence-electron chi connectivity index (χ1n) is 7.49. The summed E-state index contributed by atoms with van der Waals surface area (Å²) in [6.45, 7) is 2.22. The van der Waals surface area contributed by atoms with E-state index < -0.39 is 9.84 Å². The number of aromatic nitrogens is 1. The summed E-state index contributed by atoms with van der Waals surface area (Å²) in [6, 6.07) is 0. The molecule has 5 nitrogen and oxygen atoms in total. The maximum absolute atomic E-state index is 12.0. The van der Waals surface area contributed by atoms with Crippen molar-refractivity contribution in [2.75, 3.05) is 12.3 Å². The Morgan fingerprint density at radius 2 is 2.10 bits per heavy atom. The van der Waals surface area contributed by atoms with Gasteiger partial charge < -0.3 is 5.32 Å². The molecule has 1 amide bonds. The van der Waals surface area contributed by atoms with Gasteiger partial charge in [0.25, 0.3) is 5.91 Å². The van der Waals surface area contributed by atoms with Crippen LogP contribution in [0.5, 0.6) is 0 Å². The third kappa shape index (κ3) is 4.51. The summed E-state index contributed by atoms with van der Waals surface area (Å²) >= 11 is 0.947. The number of hydrogen-bond acceptors (Lipinski definition) is 5. The summed E-state index contributed by atoms with van der Waals surface area (Å²) in [5, 5.41) is 2.87. The van der Waals surface area contributed by atoms with Crippen LogP contribution in [-0.4, -0.2) is 31.6 Å². The van der Waals surface area contributed by atoms with Crippen LogP contribution >= 0.6 is 11.3 Å². The van der Waals surface area contributed by atoms with Crippen LogP contribution in [0.1, 0.15) is 55.1 Å². The maximum Gasteiger partial charge on any atom is 0.263 e. The number of sulfone groups is 1. The van der Waals surface area contributed by atoms with Gasteiger partial charge in [-0.1, -0.05) is 50.4 Å². The van der Waals surface area contributed by atoms with Gasteiger partial charge >= 0.3 is 0 Å². The number of nitrogens with zero attached hydrogens (tertiary/aromatic N) is 1. The normalized spacial score (nSPS) is 16.8. The Hall–Kier alpha value is -0.950. The zero-order valence-corrected chi connectivity index (χ0v) is 13.9. The number of nitrogens with one attached hydrogen (secondary N) is 1. The predicted octanol–water partition coefficient (Wildman–Crippen LogP) is 2.64. The van der Waals surface area contributed by atoms with Gasteiger partial charge in [0.1, 0.15) is 4.88 Å². The highest BCUT2D eigenvalue weighted by Gasteiger charge is 2.19. The molecule has 0 spiro atoms. The molecule has 21 heavy (non-hydrogen) atoms. The van der Waals surface area contributed by atoms with Crippen LogP contribution in [0.25, 0.3) is 0 Å². The Balaban J connectivity index is 1.83. The van der Waals surface area contributed by atoms with Gasteiger partial charge in [0.15, 0.2) is 0 Å². The Labute approximate surface area is 130 Å². The predicted molar refractivity (Wildman–Crippen MR) is 83.4 cm³/mol. The van der Waals surface area contributed by atoms with Crippen molar-refractivity contribution < 1.29 is 13.2 Å². The molecule has 0 saturated heterocycles. The van der Waals surface area contributed by atoms with Crippen LogP contribution < -0.4 is 5.32 Å². The van der Waals surface area contributed by atoms with Crippen molar-refractivity contribution in [2.24, 2.45) is 5.92 Å². The number of hydrogen-bond donors (Lipinski definition) is 1. The summed E-state index contributed by atoms with van der Waals surface area (Å²) in [5.41, 5.74) is 0. The molecule has 0 aromatic carbocycles. The number of thiazole rings is 1. The van der Waals surface area contributed by atoms with E-state index in [0.717, 1.165) is 23.7 Å². The van der Waals surface area contributed by atoms with Crippen LogP contribution in [0.3, 0.4) is 0 Å². The second-order valence-corrected chi connectivity index (χ2v) is 8.93. The fourth-order valence-corrected chi connectivity index (χ4v) is 4.74. The first kappa shape index (κ1) is 16.4. The number of amides is 1. The maximum atomic E-state index is 12.0. The molecule has 2 rings (SSSR count). The lowest BCUT2D eigenvalue weighted by Gasteiger charge is -2.21. The van der Waals surface area contributed by atoms with E-state index in [0.29, 0.717) is 11.4 Å². The minimum atomic E-state index is -3.32.